The molecule has 0 spiro atoms. The van der Waals surface area contributed by atoms with Crippen molar-refractivity contribution < 1.29 is 23.7 Å². The molecule has 0 saturated carbocycles. The molecule has 1 aromatic heterocycles. The van der Waals surface area contributed by atoms with Gasteiger partial charge in [0, 0.05) is 43.5 Å². The van der Waals surface area contributed by atoms with Crippen molar-refractivity contribution in [3.8, 4) is 0 Å². The van der Waals surface area contributed by atoms with E-state index >= 15 is 0 Å². The van der Waals surface area contributed by atoms with Gasteiger partial charge in [-0.25, -0.2) is 4.79 Å². The van der Waals surface area contributed by atoms with Gasteiger partial charge in [-0.05, 0) is 49.6 Å². The smallest absolute Gasteiger partial charge is 0.419 e. The van der Waals surface area contributed by atoms with Crippen molar-refractivity contribution in [1.82, 2.24) is 4.57 Å². The quantitative estimate of drug-likeness (QED) is 0.287. The summed E-state index contributed by atoms with van der Waals surface area (Å²) in [4.78, 5) is 48.7. The number of non-ortho nitro benzene ring substituents is 1. The number of anilines is 2. The monoisotopic (exact) mass is 468 g/mol. The van der Waals surface area contributed by atoms with Crippen LogP contribution < -0.4 is 16.0 Å². The van der Waals surface area contributed by atoms with Gasteiger partial charge >= 0.3 is 11.7 Å². The highest BCUT2D eigenvalue weighted by molar-refractivity contribution is 5.93. The molecule has 0 atom stereocenters. The van der Waals surface area contributed by atoms with Crippen molar-refractivity contribution in [3.05, 3.63) is 63.1 Å². The SMILES string of the molecule is O=C(COC(=O)CCCn1c(=O)oc2cc([N+](=O)[O-])ccc21)Nc1ccc(N2CCCC2)cc1. The second-order valence-corrected chi connectivity index (χ2v) is 7.98. The van der Waals surface area contributed by atoms with Crippen molar-refractivity contribution in [2.45, 2.75) is 32.2 Å². The molecule has 0 bridgehead atoms. The van der Waals surface area contributed by atoms with Gasteiger partial charge < -0.3 is 19.4 Å². The highest BCUT2D eigenvalue weighted by Crippen LogP contribution is 2.22. The first kappa shape index (κ1) is 23.0. The third-order valence-corrected chi connectivity index (χ3v) is 5.61. The van der Waals surface area contributed by atoms with E-state index in [4.69, 9.17) is 9.15 Å². The highest BCUT2D eigenvalue weighted by Gasteiger charge is 2.15. The van der Waals surface area contributed by atoms with Crippen LogP contribution in [-0.4, -0.2) is 41.1 Å². The maximum atomic E-state index is 12.1. The van der Waals surface area contributed by atoms with Crippen LogP contribution in [0.15, 0.2) is 51.7 Å². The molecule has 34 heavy (non-hydrogen) atoms. The molecule has 1 fully saturated rings. The van der Waals surface area contributed by atoms with Crippen LogP contribution in [0.25, 0.3) is 11.1 Å². The summed E-state index contributed by atoms with van der Waals surface area (Å²) in [6, 6.07) is 11.4. The first-order valence-corrected chi connectivity index (χ1v) is 11.0. The van der Waals surface area contributed by atoms with E-state index in [0.29, 0.717) is 11.2 Å². The molecule has 11 heteroatoms. The zero-order valence-electron chi connectivity index (χ0n) is 18.4. The number of hydrogen-bond acceptors (Lipinski definition) is 8. The largest absolute Gasteiger partial charge is 0.456 e. The summed E-state index contributed by atoms with van der Waals surface area (Å²) >= 11 is 0. The molecule has 1 amide bonds. The highest BCUT2D eigenvalue weighted by atomic mass is 16.6. The minimum absolute atomic E-state index is 0.0100. The first-order chi connectivity index (χ1) is 16.4. The molecule has 2 heterocycles. The molecule has 4 rings (SSSR count). The fourth-order valence-corrected chi connectivity index (χ4v) is 3.91. The summed E-state index contributed by atoms with van der Waals surface area (Å²) in [6.07, 6.45) is 2.63. The van der Waals surface area contributed by atoms with Crippen LogP contribution in [0.5, 0.6) is 0 Å². The Hall–Kier alpha value is -4.15. The summed E-state index contributed by atoms with van der Waals surface area (Å²) < 4.78 is 11.4. The number of carbonyl (C=O) groups is 2. The zero-order valence-corrected chi connectivity index (χ0v) is 18.4. The number of nitro groups is 1. The van der Waals surface area contributed by atoms with Crippen LogP contribution >= 0.6 is 0 Å². The Morgan fingerprint density at radius 1 is 1.12 bits per heavy atom. The number of esters is 1. The van der Waals surface area contributed by atoms with Crippen LogP contribution in [0.2, 0.25) is 0 Å². The van der Waals surface area contributed by atoms with Crippen LogP contribution in [-0.2, 0) is 20.9 Å². The molecule has 1 saturated heterocycles. The normalized spacial score (nSPS) is 13.2. The van der Waals surface area contributed by atoms with E-state index in [1.54, 1.807) is 0 Å². The lowest BCUT2D eigenvalue weighted by molar-refractivity contribution is -0.384. The van der Waals surface area contributed by atoms with Crippen LogP contribution in [0, 0.1) is 10.1 Å². The minimum atomic E-state index is -0.668. The van der Waals surface area contributed by atoms with Gasteiger partial charge in [-0.1, -0.05) is 0 Å². The van der Waals surface area contributed by atoms with E-state index in [-0.39, 0.29) is 30.7 Å². The number of oxazole rings is 1. The van der Waals surface area contributed by atoms with Gasteiger partial charge in [0.1, 0.15) is 0 Å². The molecule has 0 radical (unpaired) electrons. The number of nitrogens with zero attached hydrogens (tertiary/aromatic N) is 3. The maximum absolute atomic E-state index is 12.1. The Balaban J connectivity index is 1.21. The lowest BCUT2D eigenvalue weighted by Gasteiger charge is -2.17. The van der Waals surface area contributed by atoms with Gasteiger partial charge in [0.05, 0.1) is 16.5 Å². The number of hydrogen-bond donors (Lipinski definition) is 1. The van der Waals surface area contributed by atoms with Gasteiger partial charge in [-0.2, -0.15) is 0 Å². The number of benzene rings is 2. The second kappa shape index (κ2) is 10.2. The average molecular weight is 468 g/mol. The molecule has 1 aliphatic heterocycles. The van der Waals surface area contributed by atoms with Crippen molar-refractivity contribution in [2.24, 2.45) is 0 Å². The Bertz CT molecular complexity index is 1260. The summed E-state index contributed by atoms with van der Waals surface area (Å²) in [6.45, 7) is 1.82. The Morgan fingerprint density at radius 3 is 2.56 bits per heavy atom. The van der Waals surface area contributed by atoms with Crippen LogP contribution in [0.3, 0.4) is 0 Å². The maximum Gasteiger partial charge on any atom is 0.419 e. The lowest BCUT2D eigenvalue weighted by atomic mass is 10.2. The van der Waals surface area contributed by atoms with E-state index in [9.17, 15) is 24.5 Å². The molecule has 1 N–H and O–H groups in total. The Morgan fingerprint density at radius 2 is 1.85 bits per heavy atom. The summed E-state index contributed by atoms with van der Waals surface area (Å²) in [5.74, 6) is -1.68. The first-order valence-electron chi connectivity index (χ1n) is 11.0. The number of rotatable bonds is 9. The molecule has 0 unspecified atom stereocenters. The summed E-state index contributed by atoms with van der Waals surface area (Å²) in [5.41, 5.74) is 2.06. The third-order valence-electron chi connectivity index (χ3n) is 5.61. The van der Waals surface area contributed by atoms with Crippen LogP contribution in [0.1, 0.15) is 25.7 Å². The lowest BCUT2D eigenvalue weighted by Crippen LogP contribution is -2.21. The predicted molar refractivity (Wildman–Crippen MR) is 124 cm³/mol. The number of carbonyl (C=O) groups excluding carboxylic acids is 2. The number of nitro benzene ring substituents is 1. The predicted octanol–water partition coefficient (Wildman–Crippen LogP) is 3.07. The number of ether oxygens (including phenoxy) is 1. The van der Waals surface area contributed by atoms with E-state index in [1.807, 2.05) is 24.3 Å². The molecular weight excluding hydrogens is 444 g/mol. The minimum Gasteiger partial charge on any atom is -0.456 e. The number of nitrogens with one attached hydrogen (secondary N) is 1. The zero-order chi connectivity index (χ0) is 24.1. The van der Waals surface area contributed by atoms with Crippen molar-refractivity contribution in [2.75, 3.05) is 29.9 Å². The van der Waals surface area contributed by atoms with Crippen molar-refractivity contribution in [1.29, 1.82) is 0 Å². The number of aryl methyl sites for hydroxylation is 1. The fourth-order valence-electron chi connectivity index (χ4n) is 3.91. The second-order valence-electron chi connectivity index (χ2n) is 7.98. The van der Waals surface area contributed by atoms with Crippen LogP contribution in [0.4, 0.5) is 17.1 Å². The average Bonchev–Trinajstić information content (AvgIpc) is 3.46. The standard InChI is InChI=1S/C23H24N4O7/c28-21(24-16-5-7-17(8-6-16)25-11-1-2-12-25)15-33-22(29)4-3-13-26-19-10-9-18(27(31)32)14-20(19)34-23(26)30/h5-10,14H,1-4,11-13,15H2,(H,24,28). The van der Waals surface area contributed by atoms with E-state index in [1.165, 1.54) is 35.6 Å². The van der Waals surface area contributed by atoms with Crippen molar-refractivity contribution >= 4 is 40.0 Å². The third kappa shape index (κ3) is 5.42. The van der Waals surface area contributed by atoms with Gasteiger partial charge in [0.25, 0.3) is 11.6 Å². The van der Waals surface area contributed by atoms with Crippen molar-refractivity contribution in [3.63, 3.8) is 0 Å². The van der Waals surface area contributed by atoms with Gasteiger partial charge in [-0.3, -0.25) is 24.3 Å². The van der Waals surface area contributed by atoms with Gasteiger partial charge in [-0.15, -0.1) is 0 Å². The van der Waals surface area contributed by atoms with E-state index in [0.717, 1.165) is 18.8 Å². The summed E-state index contributed by atoms with van der Waals surface area (Å²) in [5, 5.41) is 13.5. The molecule has 11 nitrogen and oxygen atoms in total. The Kier molecular flexibility index (Phi) is 6.90. The van der Waals surface area contributed by atoms with Gasteiger partial charge in [0.2, 0.25) is 0 Å². The van der Waals surface area contributed by atoms with E-state index in [2.05, 4.69) is 10.2 Å². The molecule has 3 aromatic rings. The molecule has 1 aliphatic rings. The molecule has 178 valence electrons. The van der Waals surface area contributed by atoms with E-state index < -0.39 is 29.2 Å². The summed E-state index contributed by atoms with van der Waals surface area (Å²) in [7, 11) is 0. The Labute approximate surface area is 194 Å². The molecule has 0 aliphatic carbocycles. The number of fused-ring (bicyclic) bond motifs is 1. The molecule has 2 aromatic carbocycles. The number of amides is 1. The topological polar surface area (TPSA) is 137 Å². The fraction of sp³-hybridized carbons (Fsp3) is 0.348. The van der Waals surface area contributed by atoms with Gasteiger partial charge in [0.15, 0.2) is 12.2 Å². The molecular formula is C23H24N4O7. The number of aromatic nitrogens is 1.